The van der Waals surface area contributed by atoms with Crippen LogP contribution >= 0.6 is 0 Å². The standard InChI is InChI=1S/C15H21N3/c1-10(2)9-12(16)15-17-13-5-3-4-6-14(13)18(15)11-7-8-11/h3-6,10-12H,7-9,16H2,1-2H3. The molecule has 0 radical (unpaired) electrons. The minimum atomic E-state index is 0.0537. The molecule has 1 unspecified atom stereocenters. The lowest BCUT2D eigenvalue weighted by Crippen LogP contribution is -2.18. The van der Waals surface area contributed by atoms with Crippen LogP contribution in [0.4, 0.5) is 0 Å². The van der Waals surface area contributed by atoms with Gasteiger partial charge in [0.05, 0.1) is 17.1 Å². The Morgan fingerprint density at radius 2 is 2.06 bits per heavy atom. The first kappa shape index (κ1) is 11.7. The first-order valence-electron chi connectivity index (χ1n) is 6.89. The van der Waals surface area contributed by atoms with Gasteiger partial charge in [0.15, 0.2) is 0 Å². The van der Waals surface area contributed by atoms with Crippen LogP contribution in [0.25, 0.3) is 11.0 Å². The smallest absolute Gasteiger partial charge is 0.127 e. The van der Waals surface area contributed by atoms with Gasteiger partial charge in [-0.2, -0.15) is 0 Å². The molecule has 0 saturated heterocycles. The fourth-order valence-electron chi connectivity index (χ4n) is 2.65. The van der Waals surface area contributed by atoms with Gasteiger partial charge in [-0.05, 0) is 37.3 Å². The van der Waals surface area contributed by atoms with Crippen molar-refractivity contribution in [2.75, 3.05) is 0 Å². The van der Waals surface area contributed by atoms with E-state index in [2.05, 4.69) is 36.6 Å². The van der Waals surface area contributed by atoms with Crippen molar-refractivity contribution < 1.29 is 0 Å². The fourth-order valence-corrected chi connectivity index (χ4v) is 2.65. The highest BCUT2D eigenvalue weighted by molar-refractivity contribution is 5.76. The van der Waals surface area contributed by atoms with Crippen molar-refractivity contribution in [3.8, 4) is 0 Å². The van der Waals surface area contributed by atoms with Gasteiger partial charge in [-0.15, -0.1) is 0 Å². The van der Waals surface area contributed by atoms with Crippen LogP contribution < -0.4 is 5.73 Å². The van der Waals surface area contributed by atoms with E-state index in [1.54, 1.807) is 0 Å². The highest BCUT2D eigenvalue weighted by atomic mass is 15.1. The quantitative estimate of drug-likeness (QED) is 0.894. The summed E-state index contributed by atoms with van der Waals surface area (Å²) in [7, 11) is 0. The van der Waals surface area contributed by atoms with E-state index < -0.39 is 0 Å². The Morgan fingerprint density at radius 1 is 1.33 bits per heavy atom. The van der Waals surface area contributed by atoms with Gasteiger partial charge < -0.3 is 10.3 Å². The number of hydrogen-bond acceptors (Lipinski definition) is 2. The minimum Gasteiger partial charge on any atom is -0.324 e. The predicted molar refractivity (Wildman–Crippen MR) is 74.4 cm³/mol. The number of hydrogen-bond donors (Lipinski definition) is 1. The second-order valence-electron chi connectivity index (χ2n) is 5.80. The summed E-state index contributed by atoms with van der Waals surface area (Å²) in [6.45, 7) is 4.42. The number of para-hydroxylation sites is 2. The Morgan fingerprint density at radius 3 is 2.72 bits per heavy atom. The molecular weight excluding hydrogens is 222 g/mol. The summed E-state index contributed by atoms with van der Waals surface area (Å²) in [5.41, 5.74) is 8.67. The average molecular weight is 243 g/mol. The van der Waals surface area contributed by atoms with Crippen molar-refractivity contribution >= 4 is 11.0 Å². The van der Waals surface area contributed by atoms with Crippen molar-refractivity contribution in [1.29, 1.82) is 0 Å². The van der Waals surface area contributed by atoms with Gasteiger partial charge in [-0.3, -0.25) is 0 Å². The van der Waals surface area contributed by atoms with Crippen LogP contribution in [-0.2, 0) is 0 Å². The summed E-state index contributed by atoms with van der Waals surface area (Å²) in [5.74, 6) is 1.68. The van der Waals surface area contributed by atoms with E-state index in [9.17, 15) is 0 Å². The first-order valence-corrected chi connectivity index (χ1v) is 6.89. The molecular formula is C15H21N3. The van der Waals surface area contributed by atoms with E-state index in [1.807, 2.05) is 6.07 Å². The molecule has 1 aromatic carbocycles. The zero-order valence-electron chi connectivity index (χ0n) is 11.1. The van der Waals surface area contributed by atoms with E-state index in [0.29, 0.717) is 12.0 Å². The number of rotatable bonds is 4. The maximum absolute atomic E-state index is 6.34. The molecule has 0 amide bonds. The van der Waals surface area contributed by atoms with Gasteiger partial charge in [-0.1, -0.05) is 26.0 Å². The Hall–Kier alpha value is -1.35. The van der Waals surface area contributed by atoms with Gasteiger partial charge in [0, 0.05) is 6.04 Å². The summed E-state index contributed by atoms with van der Waals surface area (Å²) >= 11 is 0. The molecule has 3 nitrogen and oxygen atoms in total. The largest absolute Gasteiger partial charge is 0.324 e. The summed E-state index contributed by atoms with van der Waals surface area (Å²) in [4.78, 5) is 4.76. The van der Waals surface area contributed by atoms with Gasteiger partial charge in [0.1, 0.15) is 5.82 Å². The van der Waals surface area contributed by atoms with Crippen molar-refractivity contribution in [2.45, 2.75) is 45.2 Å². The highest BCUT2D eigenvalue weighted by Crippen LogP contribution is 2.40. The Kier molecular flexibility index (Phi) is 2.86. The van der Waals surface area contributed by atoms with Gasteiger partial charge in [0.2, 0.25) is 0 Å². The fraction of sp³-hybridized carbons (Fsp3) is 0.533. The van der Waals surface area contributed by atoms with E-state index in [-0.39, 0.29) is 6.04 Å². The maximum Gasteiger partial charge on any atom is 0.127 e. The third-order valence-electron chi connectivity index (χ3n) is 3.59. The maximum atomic E-state index is 6.34. The molecule has 1 saturated carbocycles. The van der Waals surface area contributed by atoms with Crippen LogP contribution in [0.3, 0.4) is 0 Å². The molecule has 1 fully saturated rings. The van der Waals surface area contributed by atoms with Crippen LogP contribution in [0.1, 0.15) is 51.0 Å². The van der Waals surface area contributed by atoms with Crippen LogP contribution in [0.5, 0.6) is 0 Å². The van der Waals surface area contributed by atoms with Crippen molar-refractivity contribution in [3.05, 3.63) is 30.1 Å². The average Bonchev–Trinajstić information content (AvgIpc) is 3.08. The first-order chi connectivity index (χ1) is 8.66. The predicted octanol–water partition coefficient (Wildman–Crippen LogP) is 3.42. The Bertz CT molecular complexity index is 552. The minimum absolute atomic E-state index is 0.0537. The normalized spacial score (nSPS) is 17.6. The summed E-state index contributed by atoms with van der Waals surface area (Å²) in [6, 6.07) is 9.06. The molecule has 3 heteroatoms. The monoisotopic (exact) mass is 243 g/mol. The molecule has 3 rings (SSSR count). The molecule has 1 aromatic heterocycles. The van der Waals surface area contributed by atoms with Gasteiger partial charge in [0.25, 0.3) is 0 Å². The third kappa shape index (κ3) is 2.03. The molecule has 1 aliphatic carbocycles. The number of fused-ring (bicyclic) bond motifs is 1. The van der Waals surface area contributed by atoms with Gasteiger partial charge >= 0.3 is 0 Å². The van der Waals surface area contributed by atoms with Gasteiger partial charge in [-0.25, -0.2) is 4.98 Å². The Labute approximate surface area is 108 Å². The SMILES string of the molecule is CC(C)CC(N)c1nc2ccccc2n1C1CC1. The second kappa shape index (κ2) is 4.39. The molecule has 18 heavy (non-hydrogen) atoms. The van der Waals surface area contributed by atoms with Crippen molar-refractivity contribution in [2.24, 2.45) is 11.7 Å². The number of benzene rings is 1. The molecule has 96 valence electrons. The second-order valence-corrected chi connectivity index (χ2v) is 5.80. The van der Waals surface area contributed by atoms with Crippen molar-refractivity contribution in [1.82, 2.24) is 9.55 Å². The molecule has 1 aliphatic rings. The van der Waals surface area contributed by atoms with E-state index in [4.69, 9.17) is 10.7 Å². The molecule has 2 N–H and O–H groups in total. The van der Waals surface area contributed by atoms with Crippen LogP contribution in [0.15, 0.2) is 24.3 Å². The lowest BCUT2D eigenvalue weighted by Gasteiger charge is -2.16. The molecule has 1 atom stereocenters. The Balaban J connectivity index is 2.07. The number of nitrogens with two attached hydrogens (primary N) is 1. The van der Waals surface area contributed by atoms with Crippen molar-refractivity contribution in [3.63, 3.8) is 0 Å². The molecule has 0 aliphatic heterocycles. The highest BCUT2D eigenvalue weighted by Gasteiger charge is 2.29. The lowest BCUT2D eigenvalue weighted by atomic mass is 10.0. The molecule has 1 heterocycles. The topological polar surface area (TPSA) is 43.8 Å². The zero-order chi connectivity index (χ0) is 12.7. The van der Waals surface area contributed by atoms with E-state index >= 15 is 0 Å². The molecule has 0 spiro atoms. The zero-order valence-corrected chi connectivity index (χ0v) is 11.1. The van der Waals surface area contributed by atoms with E-state index in [0.717, 1.165) is 17.8 Å². The third-order valence-corrected chi connectivity index (χ3v) is 3.59. The summed E-state index contributed by atoms with van der Waals surface area (Å²) in [5, 5.41) is 0. The van der Waals surface area contributed by atoms with Crippen LogP contribution in [0.2, 0.25) is 0 Å². The van der Waals surface area contributed by atoms with Crippen LogP contribution in [0, 0.1) is 5.92 Å². The summed E-state index contributed by atoms with van der Waals surface area (Å²) in [6.07, 6.45) is 3.53. The van der Waals surface area contributed by atoms with E-state index in [1.165, 1.54) is 18.4 Å². The van der Waals surface area contributed by atoms with Crippen LogP contribution in [-0.4, -0.2) is 9.55 Å². The number of aromatic nitrogens is 2. The lowest BCUT2D eigenvalue weighted by molar-refractivity contribution is 0.477. The molecule has 0 bridgehead atoms. The molecule has 2 aromatic rings. The summed E-state index contributed by atoms with van der Waals surface area (Å²) < 4.78 is 2.38. The number of imidazole rings is 1. The number of nitrogens with zero attached hydrogens (tertiary/aromatic N) is 2.